The second kappa shape index (κ2) is 8.64. The predicted octanol–water partition coefficient (Wildman–Crippen LogP) is 3.19. The van der Waals surface area contributed by atoms with E-state index in [9.17, 15) is 9.18 Å². The predicted molar refractivity (Wildman–Crippen MR) is 99.6 cm³/mol. The van der Waals surface area contributed by atoms with Crippen molar-refractivity contribution in [3.05, 3.63) is 52.6 Å². The first-order chi connectivity index (χ1) is 12.6. The first-order valence-electron chi connectivity index (χ1n) is 9.03. The number of likely N-dealkylation sites (N-methyl/N-ethyl adjacent to an activating group) is 1. The summed E-state index contributed by atoms with van der Waals surface area (Å²) in [5.74, 6) is -0.118. The summed E-state index contributed by atoms with van der Waals surface area (Å²) in [6, 6.07) is 6.55. The van der Waals surface area contributed by atoms with Crippen molar-refractivity contribution in [1.29, 1.82) is 0 Å². The zero-order valence-electron chi connectivity index (χ0n) is 14.9. The second-order valence-electron chi connectivity index (χ2n) is 6.57. The highest BCUT2D eigenvalue weighted by atomic mass is 35.5. The van der Waals surface area contributed by atoms with Gasteiger partial charge in [-0.1, -0.05) is 17.7 Å². The fourth-order valence-corrected chi connectivity index (χ4v) is 3.63. The van der Waals surface area contributed by atoms with Crippen LogP contribution in [0.5, 0.6) is 0 Å². The minimum atomic E-state index is -0.392. The molecule has 0 unspecified atom stereocenters. The molecule has 1 saturated heterocycles. The zero-order valence-corrected chi connectivity index (χ0v) is 15.7. The average Bonchev–Trinajstić information content (AvgIpc) is 3.10. The summed E-state index contributed by atoms with van der Waals surface area (Å²) in [7, 11) is 0. The summed E-state index contributed by atoms with van der Waals surface area (Å²) in [4.78, 5) is 14.4. The van der Waals surface area contributed by atoms with Gasteiger partial charge in [-0.2, -0.15) is 5.10 Å². The van der Waals surface area contributed by atoms with Crippen molar-refractivity contribution in [2.24, 2.45) is 0 Å². The van der Waals surface area contributed by atoms with Gasteiger partial charge in [-0.15, -0.1) is 0 Å². The number of hydrogen-bond donors (Lipinski definition) is 1. The molecule has 2 aromatic rings. The average molecular weight is 379 g/mol. The van der Waals surface area contributed by atoms with Gasteiger partial charge < -0.3 is 10.2 Å². The highest BCUT2D eigenvalue weighted by Crippen LogP contribution is 2.24. The maximum Gasteiger partial charge on any atom is 0.244 e. The molecule has 1 aromatic heterocycles. The largest absolute Gasteiger partial charge is 0.337 e. The van der Waals surface area contributed by atoms with Crippen molar-refractivity contribution in [3.63, 3.8) is 0 Å². The number of benzene rings is 1. The number of amides is 1. The summed E-state index contributed by atoms with van der Waals surface area (Å²) in [5, 5.41) is 8.06. The quantitative estimate of drug-likeness (QED) is 0.839. The lowest BCUT2D eigenvalue weighted by atomic mass is 9.96. The Morgan fingerprint density at radius 2 is 2.31 bits per heavy atom. The third kappa shape index (κ3) is 4.24. The van der Waals surface area contributed by atoms with E-state index >= 15 is 0 Å². The maximum absolute atomic E-state index is 14.0. The Balaban J connectivity index is 1.71. The van der Waals surface area contributed by atoms with Crippen LogP contribution in [-0.4, -0.2) is 40.2 Å². The Labute approximate surface area is 158 Å². The Kier molecular flexibility index (Phi) is 6.27. The topological polar surface area (TPSA) is 50.2 Å². The van der Waals surface area contributed by atoms with Crippen molar-refractivity contribution in [3.8, 4) is 0 Å². The minimum absolute atomic E-state index is 0.0967. The highest BCUT2D eigenvalue weighted by molar-refractivity contribution is 6.31. The SMILES string of the molecule is CCN(Cc1c(F)cccc1Cl)C(=O)Cn1nccc1[C@@H]1CCCNC1. The summed E-state index contributed by atoms with van der Waals surface area (Å²) in [6.07, 6.45) is 3.95. The number of carbonyl (C=O) groups is 1. The number of halogens is 2. The number of nitrogens with one attached hydrogen (secondary N) is 1. The van der Waals surface area contributed by atoms with E-state index in [0.717, 1.165) is 31.6 Å². The van der Waals surface area contributed by atoms with Gasteiger partial charge in [0.1, 0.15) is 12.4 Å². The number of hydrogen-bond acceptors (Lipinski definition) is 3. The molecular weight excluding hydrogens is 355 g/mol. The number of carbonyl (C=O) groups excluding carboxylic acids is 1. The Hall–Kier alpha value is -1.92. The van der Waals surface area contributed by atoms with Gasteiger partial charge in [0.25, 0.3) is 0 Å². The minimum Gasteiger partial charge on any atom is -0.337 e. The molecule has 1 atom stereocenters. The molecule has 3 rings (SSSR count). The van der Waals surface area contributed by atoms with Crippen LogP contribution >= 0.6 is 11.6 Å². The van der Waals surface area contributed by atoms with E-state index in [2.05, 4.69) is 10.4 Å². The molecule has 0 bridgehead atoms. The van der Waals surface area contributed by atoms with Crippen LogP contribution in [0.15, 0.2) is 30.5 Å². The first kappa shape index (κ1) is 18.9. The monoisotopic (exact) mass is 378 g/mol. The molecule has 0 aliphatic carbocycles. The van der Waals surface area contributed by atoms with Crippen molar-refractivity contribution < 1.29 is 9.18 Å². The van der Waals surface area contributed by atoms with Crippen LogP contribution in [0.4, 0.5) is 4.39 Å². The van der Waals surface area contributed by atoms with Crippen LogP contribution in [0.25, 0.3) is 0 Å². The van der Waals surface area contributed by atoms with Crippen molar-refractivity contribution in [2.45, 2.75) is 38.8 Å². The van der Waals surface area contributed by atoms with Gasteiger partial charge >= 0.3 is 0 Å². The fourth-order valence-electron chi connectivity index (χ4n) is 3.40. The molecule has 0 radical (unpaired) electrons. The molecular formula is C19H24ClFN4O. The molecule has 140 valence electrons. The summed E-state index contributed by atoms with van der Waals surface area (Å²) in [5.41, 5.74) is 1.42. The van der Waals surface area contributed by atoms with E-state index in [1.54, 1.807) is 27.9 Å². The van der Waals surface area contributed by atoms with E-state index in [-0.39, 0.29) is 19.0 Å². The first-order valence-corrected chi connectivity index (χ1v) is 9.41. The van der Waals surface area contributed by atoms with Crippen LogP contribution in [-0.2, 0) is 17.9 Å². The number of piperidine rings is 1. The molecule has 0 spiro atoms. The van der Waals surface area contributed by atoms with E-state index in [1.165, 1.54) is 6.07 Å². The van der Waals surface area contributed by atoms with Gasteiger partial charge in [0, 0.05) is 41.5 Å². The molecule has 1 aliphatic rings. The molecule has 1 aliphatic heterocycles. The molecule has 1 N–H and O–H groups in total. The number of nitrogens with zero attached hydrogens (tertiary/aromatic N) is 3. The highest BCUT2D eigenvalue weighted by Gasteiger charge is 2.22. The number of rotatable bonds is 6. The molecule has 2 heterocycles. The van der Waals surface area contributed by atoms with Gasteiger partial charge in [0.15, 0.2) is 0 Å². The van der Waals surface area contributed by atoms with E-state index in [1.807, 2.05) is 13.0 Å². The van der Waals surface area contributed by atoms with Crippen LogP contribution in [0.1, 0.15) is 36.9 Å². The lowest BCUT2D eigenvalue weighted by molar-refractivity contribution is -0.132. The Morgan fingerprint density at radius 3 is 3.00 bits per heavy atom. The van der Waals surface area contributed by atoms with Gasteiger partial charge in [-0.25, -0.2) is 4.39 Å². The molecule has 7 heteroatoms. The van der Waals surface area contributed by atoms with Crippen LogP contribution in [0.3, 0.4) is 0 Å². The molecule has 1 fully saturated rings. The normalized spacial score (nSPS) is 17.3. The maximum atomic E-state index is 14.0. The summed E-state index contributed by atoms with van der Waals surface area (Å²) in [6.45, 7) is 4.60. The van der Waals surface area contributed by atoms with Gasteiger partial charge in [-0.05, 0) is 44.5 Å². The Morgan fingerprint density at radius 1 is 1.46 bits per heavy atom. The van der Waals surface area contributed by atoms with Crippen molar-refractivity contribution in [2.75, 3.05) is 19.6 Å². The molecule has 1 aromatic carbocycles. The van der Waals surface area contributed by atoms with Crippen LogP contribution in [0, 0.1) is 5.82 Å². The standard InChI is InChI=1S/C19H24ClFN4O/c1-2-24(12-15-16(20)6-3-7-17(15)21)19(26)13-25-18(8-10-23-25)14-5-4-9-22-11-14/h3,6-8,10,14,22H,2,4-5,9,11-13H2,1H3/t14-/m1/s1. The van der Waals surface area contributed by atoms with E-state index in [4.69, 9.17) is 11.6 Å². The number of aromatic nitrogens is 2. The zero-order chi connectivity index (χ0) is 18.5. The smallest absolute Gasteiger partial charge is 0.244 e. The van der Waals surface area contributed by atoms with E-state index < -0.39 is 5.82 Å². The van der Waals surface area contributed by atoms with Crippen LogP contribution in [0.2, 0.25) is 5.02 Å². The summed E-state index contributed by atoms with van der Waals surface area (Å²) >= 11 is 6.10. The molecule has 1 amide bonds. The molecule has 0 saturated carbocycles. The second-order valence-corrected chi connectivity index (χ2v) is 6.97. The van der Waals surface area contributed by atoms with Crippen molar-refractivity contribution >= 4 is 17.5 Å². The summed E-state index contributed by atoms with van der Waals surface area (Å²) < 4.78 is 15.8. The molecule has 5 nitrogen and oxygen atoms in total. The van der Waals surface area contributed by atoms with Gasteiger partial charge in [-0.3, -0.25) is 9.48 Å². The van der Waals surface area contributed by atoms with E-state index in [0.29, 0.717) is 23.0 Å². The molecule has 26 heavy (non-hydrogen) atoms. The van der Waals surface area contributed by atoms with Crippen LogP contribution < -0.4 is 5.32 Å². The lowest BCUT2D eigenvalue weighted by Crippen LogP contribution is -2.35. The van der Waals surface area contributed by atoms with Gasteiger partial charge in [0.05, 0.1) is 6.54 Å². The Bertz CT molecular complexity index is 737. The van der Waals surface area contributed by atoms with Gasteiger partial charge in [0.2, 0.25) is 5.91 Å². The third-order valence-electron chi connectivity index (χ3n) is 4.89. The van der Waals surface area contributed by atoms with Crippen molar-refractivity contribution in [1.82, 2.24) is 20.0 Å². The fraction of sp³-hybridized carbons (Fsp3) is 0.474. The lowest BCUT2D eigenvalue weighted by Gasteiger charge is -2.25. The third-order valence-corrected chi connectivity index (χ3v) is 5.25.